The maximum atomic E-state index is 2.35. The molecule has 1 unspecified atom stereocenters. The summed E-state index contributed by atoms with van der Waals surface area (Å²) in [6, 6.07) is 0. The molecule has 0 saturated heterocycles. The van der Waals surface area contributed by atoms with Crippen LogP contribution in [-0.4, -0.2) is 10.2 Å². The van der Waals surface area contributed by atoms with Gasteiger partial charge in [-0.15, -0.1) is 0 Å². The van der Waals surface area contributed by atoms with Crippen LogP contribution in [-0.2, 0) is 0 Å². The van der Waals surface area contributed by atoms with Gasteiger partial charge in [-0.05, 0) is 0 Å². The Labute approximate surface area is 126 Å². The van der Waals surface area contributed by atoms with Crippen LogP contribution in [0.2, 0.25) is 5.54 Å². The van der Waals surface area contributed by atoms with Crippen LogP contribution in [0.4, 0.5) is 0 Å². The number of unbranched alkanes of at least 4 members (excludes halogenated alkanes) is 12. The van der Waals surface area contributed by atoms with Crippen molar-refractivity contribution in [2.24, 2.45) is 0 Å². The van der Waals surface area contributed by atoms with Crippen molar-refractivity contribution >= 4 is 10.2 Å². The molecule has 0 aliphatic carbocycles. The average molecular weight is 285 g/mol. The number of hydrogen-bond acceptors (Lipinski definition) is 0. The lowest BCUT2D eigenvalue weighted by Gasteiger charge is -2.07. The highest BCUT2D eigenvalue weighted by Gasteiger charge is 1.98. The third-order valence-electron chi connectivity index (χ3n) is 4.50. The lowest BCUT2D eigenvalue weighted by molar-refractivity contribution is 0.531. The minimum Gasteiger partial charge on any atom is -0.0654 e. The molecule has 1 atom stereocenters. The van der Waals surface area contributed by atoms with Gasteiger partial charge in [0.15, 0.2) is 0 Å². The Morgan fingerprint density at radius 2 is 0.947 bits per heavy atom. The van der Waals surface area contributed by atoms with Crippen molar-refractivity contribution < 1.29 is 0 Å². The second-order valence-electron chi connectivity index (χ2n) is 6.54. The summed E-state index contributed by atoms with van der Waals surface area (Å²) in [6.07, 6.45) is 22.1. The Morgan fingerprint density at radius 3 is 1.32 bits per heavy atom. The fourth-order valence-electron chi connectivity index (χ4n) is 2.71. The summed E-state index contributed by atoms with van der Waals surface area (Å²) < 4.78 is 0. The fraction of sp³-hybridized carbons (Fsp3) is 1.00. The standard InChI is InChI=1S/C18H40Si/c1-3-5-6-7-8-9-10-11-12-13-14-15-16-17-18(19)4-2/h18H,3-17H2,1-2,19H3. The van der Waals surface area contributed by atoms with Crippen LogP contribution in [0.25, 0.3) is 0 Å². The highest BCUT2D eigenvalue weighted by atomic mass is 28.1. The van der Waals surface area contributed by atoms with Gasteiger partial charge in [0.2, 0.25) is 0 Å². The monoisotopic (exact) mass is 284 g/mol. The molecule has 0 aromatic heterocycles. The van der Waals surface area contributed by atoms with Crippen molar-refractivity contribution in [1.82, 2.24) is 0 Å². The van der Waals surface area contributed by atoms with Crippen LogP contribution >= 0.6 is 0 Å². The number of rotatable bonds is 15. The minimum atomic E-state index is 1.09. The van der Waals surface area contributed by atoms with Crippen molar-refractivity contribution in [2.45, 2.75) is 116 Å². The summed E-state index contributed by atoms with van der Waals surface area (Å²) in [6.45, 7) is 4.64. The summed E-state index contributed by atoms with van der Waals surface area (Å²) in [5, 5.41) is 0. The second-order valence-corrected chi connectivity index (χ2v) is 8.18. The molecule has 116 valence electrons. The van der Waals surface area contributed by atoms with Gasteiger partial charge in [0.25, 0.3) is 0 Å². The van der Waals surface area contributed by atoms with Crippen molar-refractivity contribution in [3.63, 3.8) is 0 Å². The van der Waals surface area contributed by atoms with Crippen molar-refractivity contribution in [1.29, 1.82) is 0 Å². The van der Waals surface area contributed by atoms with Crippen LogP contribution in [0, 0.1) is 0 Å². The Hall–Kier alpha value is 0.217. The molecular formula is C18H40Si. The SMILES string of the molecule is CCCCCCCCCCCCCCCC([SiH3])CC. The van der Waals surface area contributed by atoms with Gasteiger partial charge in [0, 0.05) is 10.2 Å². The molecule has 0 N–H and O–H groups in total. The van der Waals surface area contributed by atoms with Gasteiger partial charge in [0.05, 0.1) is 0 Å². The zero-order valence-corrected chi connectivity index (χ0v) is 16.2. The predicted octanol–water partition coefficient (Wildman–Crippen LogP) is 6.03. The normalized spacial score (nSPS) is 12.9. The summed E-state index contributed by atoms with van der Waals surface area (Å²) >= 11 is 0. The van der Waals surface area contributed by atoms with Gasteiger partial charge >= 0.3 is 0 Å². The average Bonchev–Trinajstić information content (AvgIpc) is 2.43. The lowest BCUT2D eigenvalue weighted by atomic mass is 10.0. The van der Waals surface area contributed by atoms with Crippen LogP contribution in [0.1, 0.15) is 110 Å². The van der Waals surface area contributed by atoms with Gasteiger partial charge in [-0.1, -0.05) is 116 Å². The van der Waals surface area contributed by atoms with E-state index in [0.29, 0.717) is 0 Å². The fourth-order valence-corrected chi connectivity index (χ4v) is 3.12. The largest absolute Gasteiger partial charge is 0.0654 e. The quantitative estimate of drug-likeness (QED) is 0.254. The molecule has 0 aromatic rings. The first-order valence-corrected chi connectivity index (χ1v) is 10.5. The molecular weight excluding hydrogens is 244 g/mol. The molecule has 0 radical (unpaired) electrons. The Balaban J connectivity index is 2.95. The van der Waals surface area contributed by atoms with Crippen molar-refractivity contribution in [3.8, 4) is 0 Å². The molecule has 19 heavy (non-hydrogen) atoms. The second kappa shape index (κ2) is 16.3. The maximum absolute atomic E-state index is 2.35. The predicted molar refractivity (Wildman–Crippen MR) is 94.3 cm³/mol. The van der Waals surface area contributed by atoms with E-state index in [4.69, 9.17) is 0 Å². The summed E-state index contributed by atoms with van der Waals surface area (Å²) in [5.74, 6) is 0. The molecule has 0 heterocycles. The van der Waals surface area contributed by atoms with Crippen molar-refractivity contribution in [3.05, 3.63) is 0 Å². The summed E-state index contributed by atoms with van der Waals surface area (Å²) in [5.41, 5.74) is 1.09. The van der Waals surface area contributed by atoms with E-state index in [1.165, 1.54) is 107 Å². The van der Waals surface area contributed by atoms with Crippen LogP contribution in [0.5, 0.6) is 0 Å². The molecule has 0 aliphatic rings. The van der Waals surface area contributed by atoms with Gasteiger partial charge in [0.1, 0.15) is 0 Å². The summed E-state index contributed by atoms with van der Waals surface area (Å²) in [7, 11) is 1.41. The first-order valence-electron chi connectivity index (χ1n) is 9.31. The molecule has 0 aliphatic heterocycles. The van der Waals surface area contributed by atoms with Gasteiger partial charge < -0.3 is 0 Å². The van der Waals surface area contributed by atoms with Crippen LogP contribution in [0.15, 0.2) is 0 Å². The third kappa shape index (κ3) is 16.2. The van der Waals surface area contributed by atoms with Crippen molar-refractivity contribution in [2.75, 3.05) is 0 Å². The number of hydrogen-bond donors (Lipinski definition) is 0. The van der Waals surface area contributed by atoms with Gasteiger partial charge in [-0.2, -0.15) is 0 Å². The molecule has 0 nitrogen and oxygen atoms in total. The Bertz CT molecular complexity index is 156. The van der Waals surface area contributed by atoms with E-state index in [0.717, 1.165) is 5.54 Å². The van der Waals surface area contributed by atoms with E-state index in [1.807, 2.05) is 0 Å². The van der Waals surface area contributed by atoms with E-state index < -0.39 is 0 Å². The molecule has 0 aromatic carbocycles. The Kier molecular flexibility index (Phi) is 16.5. The van der Waals surface area contributed by atoms with E-state index >= 15 is 0 Å². The topological polar surface area (TPSA) is 0 Å². The molecule has 0 bridgehead atoms. The van der Waals surface area contributed by atoms with Gasteiger partial charge in [-0.25, -0.2) is 0 Å². The van der Waals surface area contributed by atoms with E-state index in [1.54, 1.807) is 0 Å². The highest BCUT2D eigenvalue weighted by Crippen LogP contribution is 2.17. The molecule has 0 spiro atoms. The highest BCUT2D eigenvalue weighted by molar-refractivity contribution is 6.11. The van der Waals surface area contributed by atoms with Crippen LogP contribution < -0.4 is 0 Å². The smallest absolute Gasteiger partial charge is 0.00671 e. The van der Waals surface area contributed by atoms with E-state index in [9.17, 15) is 0 Å². The molecule has 0 fully saturated rings. The zero-order chi connectivity index (χ0) is 14.2. The molecule has 1 heteroatoms. The first kappa shape index (κ1) is 19.2. The lowest BCUT2D eigenvalue weighted by Crippen LogP contribution is -1.90. The first-order chi connectivity index (χ1) is 9.31. The molecule has 0 saturated carbocycles. The minimum absolute atomic E-state index is 1.09. The third-order valence-corrected chi connectivity index (χ3v) is 5.89. The zero-order valence-electron chi connectivity index (χ0n) is 14.2. The maximum Gasteiger partial charge on any atom is 0.00671 e. The Morgan fingerprint density at radius 1 is 0.579 bits per heavy atom. The van der Waals surface area contributed by atoms with E-state index in [2.05, 4.69) is 13.8 Å². The molecule has 0 amide bonds. The van der Waals surface area contributed by atoms with Gasteiger partial charge in [-0.3, -0.25) is 0 Å². The summed E-state index contributed by atoms with van der Waals surface area (Å²) in [4.78, 5) is 0. The molecule has 0 rings (SSSR count). The van der Waals surface area contributed by atoms with Crippen LogP contribution in [0.3, 0.4) is 0 Å². The van der Waals surface area contributed by atoms with E-state index in [-0.39, 0.29) is 0 Å².